The maximum absolute atomic E-state index is 10.4. The van der Waals surface area contributed by atoms with Crippen LogP contribution in [0.15, 0.2) is 22.7 Å². The first-order chi connectivity index (χ1) is 6.02. The van der Waals surface area contributed by atoms with Gasteiger partial charge in [0.2, 0.25) is 0 Å². The Hall–Kier alpha value is -1.01. The van der Waals surface area contributed by atoms with E-state index in [9.17, 15) is 10.1 Å². The van der Waals surface area contributed by atoms with Crippen molar-refractivity contribution in [3.05, 3.63) is 38.3 Å². The Labute approximate surface area is 88.0 Å². The van der Waals surface area contributed by atoms with Crippen LogP contribution in [-0.2, 0) is 0 Å². The van der Waals surface area contributed by atoms with Crippen molar-refractivity contribution in [2.45, 2.75) is 0 Å². The number of rotatable bonds is 2. The van der Waals surface area contributed by atoms with Crippen molar-refractivity contribution >= 4 is 38.8 Å². The van der Waals surface area contributed by atoms with E-state index < -0.39 is 4.92 Å². The molecule has 1 aromatic carbocycles. The molecule has 1 rings (SSSR count). The summed E-state index contributed by atoms with van der Waals surface area (Å²) in [6, 6.07) is 4.27. The fourth-order valence-electron chi connectivity index (χ4n) is 0.816. The topological polar surface area (TPSA) is 69.2 Å². The first kappa shape index (κ1) is 10.1. The van der Waals surface area contributed by atoms with Crippen LogP contribution < -0.4 is 5.73 Å². The highest BCUT2D eigenvalue weighted by molar-refractivity contribution is 9.10. The predicted molar refractivity (Wildman–Crippen MR) is 56.7 cm³/mol. The van der Waals surface area contributed by atoms with Gasteiger partial charge in [-0.1, -0.05) is 28.1 Å². The van der Waals surface area contributed by atoms with E-state index in [1.165, 1.54) is 12.1 Å². The zero-order valence-electron chi connectivity index (χ0n) is 6.36. The number of non-ortho nitro benzene ring substituents is 1. The number of nitro benzene ring substituents is 1. The van der Waals surface area contributed by atoms with Gasteiger partial charge in [0.25, 0.3) is 5.69 Å². The number of halogens is 1. The Morgan fingerprint density at radius 3 is 2.69 bits per heavy atom. The summed E-state index contributed by atoms with van der Waals surface area (Å²) in [4.78, 5) is 10.0. The van der Waals surface area contributed by atoms with Crippen LogP contribution >= 0.6 is 28.1 Å². The first-order valence-corrected chi connectivity index (χ1v) is 4.46. The molecule has 0 aromatic heterocycles. The Morgan fingerprint density at radius 1 is 1.62 bits per heavy atom. The largest absolute Gasteiger partial charge is 0.389 e. The fraction of sp³-hybridized carbons (Fsp3) is 0. The lowest BCUT2D eigenvalue weighted by molar-refractivity contribution is -0.384. The highest BCUT2D eigenvalue weighted by atomic mass is 79.9. The van der Waals surface area contributed by atoms with Gasteiger partial charge in [0.1, 0.15) is 4.99 Å². The number of hydrogen-bond acceptors (Lipinski definition) is 3. The van der Waals surface area contributed by atoms with Crippen molar-refractivity contribution in [3.8, 4) is 0 Å². The third-order valence-corrected chi connectivity index (χ3v) is 2.34. The number of thiocarbonyl (C=S) groups is 1. The van der Waals surface area contributed by atoms with E-state index in [0.717, 1.165) is 0 Å². The van der Waals surface area contributed by atoms with Crippen LogP contribution in [0.2, 0.25) is 0 Å². The molecule has 0 bridgehead atoms. The van der Waals surface area contributed by atoms with Gasteiger partial charge >= 0.3 is 0 Å². The summed E-state index contributed by atoms with van der Waals surface area (Å²) in [6.07, 6.45) is 0. The van der Waals surface area contributed by atoms with Crippen molar-refractivity contribution in [2.24, 2.45) is 5.73 Å². The van der Waals surface area contributed by atoms with Gasteiger partial charge in [0, 0.05) is 22.2 Å². The second-order valence-electron chi connectivity index (χ2n) is 2.29. The molecular weight excluding hydrogens is 256 g/mol. The third kappa shape index (κ3) is 2.22. The van der Waals surface area contributed by atoms with Gasteiger partial charge in [-0.25, -0.2) is 0 Å². The molecule has 2 N–H and O–H groups in total. The normalized spacial score (nSPS) is 9.62. The number of nitro groups is 1. The van der Waals surface area contributed by atoms with Crippen LogP contribution in [-0.4, -0.2) is 9.91 Å². The van der Waals surface area contributed by atoms with Crippen molar-refractivity contribution in [2.75, 3.05) is 0 Å². The van der Waals surface area contributed by atoms with Crippen LogP contribution in [0.25, 0.3) is 0 Å². The van der Waals surface area contributed by atoms with Gasteiger partial charge in [-0.05, 0) is 6.07 Å². The molecule has 0 atom stereocenters. The zero-order chi connectivity index (χ0) is 10.0. The Morgan fingerprint density at radius 2 is 2.23 bits per heavy atom. The van der Waals surface area contributed by atoms with Crippen LogP contribution in [0.4, 0.5) is 5.69 Å². The monoisotopic (exact) mass is 260 g/mol. The first-order valence-electron chi connectivity index (χ1n) is 3.26. The van der Waals surface area contributed by atoms with Gasteiger partial charge in [0.05, 0.1) is 4.92 Å². The number of nitrogens with two attached hydrogens (primary N) is 1. The highest BCUT2D eigenvalue weighted by Gasteiger charge is 2.10. The van der Waals surface area contributed by atoms with E-state index in [1.54, 1.807) is 6.07 Å². The molecule has 0 aliphatic heterocycles. The standard InChI is InChI=1S/C7H5BrN2O2S/c8-6-2-1-4(10(11)12)3-5(6)7(9)13/h1-3H,(H2,9,13). The van der Waals surface area contributed by atoms with Gasteiger partial charge in [-0.2, -0.15) is 0 Å². The van der Waals surface area contributed by atoms with Crippen molar-refractivity contribution in [3.63, 3.8) is 0 Å². The molecular formula is C7H5BrN2O2S. The van der Waals surface area contributed by atoms with Crippen LogP contribution in [0.5, 0.6) is 0 Å². The summed E-state index contributed by atoms with van der Waals surface area (Å²) < 4.78 is 0.658. The molecule has 0 aliphatic carbocycles. The molecule has 0 saturated carbocycles. The summed E-state index contributed by atoms with van der Waals surface area (Å²) in [6.45, 7) is 0. The minimum atomic E-state index is -0.492. The molecule has 6 heteroatoms. The fourth-order valence-corrected chi connectivity index (χ4v) is 1.58. The molecule has 0 radical (unpaired) electrons. The summed E-state index contributed by atoms with van der Waals surface area (Å²) >= 11 is 7.91. The van der Waals surface area contributed by atoms with Gasteiger partial charge in [0.15, 0.2) is 0 Å². The molecule has 4 nitrogen and oxygen atoms in total. The molecule has 0 aliphatic rings. The Bertz CT molecular complexity index is 381. The quantitative estimate of drug-likeness (QED) is 0.502. The molecule has 68 valence electrons. The minimum absolute atomic E-state index is 0.0222. The average Bonchev–Trinajstić information content (AvgIpc) is 2.04. The van der Waals surface area contributed by atoms with E-state index in [4.69, 9.17) is 18.0 Å². The number of benzene rings is 1. The summed E-state index contributed by atoms with van der Waals surface area (Å²) in [5.41, 5.74) is 5.82. The third-order valence-electron chi connectivity index (χ3n) is 1.43. The maximum Gasteiger partial charge on any atom is 0.270 e. The van der Waals surface area contributed by atoms with Crippen LogP contribution in [0.3, 0.4) is 0 Å². The molecule has 0 unspecified atom stereocenters. The smallest absolute Gasteiger partial charge is 0.270 e. The van der Waals surface area contributed by atoms with E-state index in [2.05, 4.69) is 15.9 Å². The molecule has 0 amide bonds. The lowest BCUT2D eigenvalue weighted by Gasteiger charge is -2.00. The van der Waals surface area contributed by atoms with E-state index in [0.29, 0.717) is 10.0 Å². The molecule has 0 spiro atoms. The minimum Gasteiger partial charge on any atom is -0.389 e. The van der Waals surface area contributed by atoms with Gasteiger partial charge in [-0.3, -0.25) is 10.1 Å². The summed E-state index contributed by atoms with van der Waals surface area (Å²) in [5.74, 6) is 0. The second-order valence-corrected chi connectivity index (χ2v) is 3.58. The molecule has 0 fully saturated rings. The van der Waals surface area contributed by atoms with Crippen molar-refractivity contribution in [1.29, 1.82) is 0 Å². The molecule has 0 saturated heterocycles. The SMILES string of the molecule is NC(=S)c1cc([N+](=O)[O-])ccc1Br. The van der Waals surface area contributed by atoms with Gasteiger partial charge < -0.3 is 5.73 Å². The lowest BCUT2D eigenvalue weighted by atomic mass is 10.2. The number of hydrogen-bond donors (Lipinski definition) is 1. The predicted octanol–water partition coefficient (Wildman–Crippen LogP) is 1.99. The number of nitrogens with zero attached hydrogens (tertiary/aromatic N) is 1. The molecule has 1 aromatic rings. The van der Waals surface area contributed by atoms with E-state index in [1.807, 2.05) is 0 Å². The van der Waals surface area contributed by atoms with Crippen LogP contribution in [0.1, 0.15) is 5.56 Å². The van der Waals surface area contributed by atoms with Crippen LogP contribution in [0, 0.1) is 10.1 Å². The Kier molecular flexibility index (Phi) is 2.94. The molecule has 0 heterocycles. The maximum atomic E-state index is 10.4. The Balaban J connectivity index is 3.27. The highest BCUT2D eigenvalue weighted by Crippen LogP contribution is 2.22. The van der Waals surface area contributed by atoms with Crippen molar-refractivity contribution in [1.82, 2.24) is 0 Å². The van der Waals surface area contributed by atoms with Gasteiger partial charge in [-0.15, -0.1) is 0 Å². The lowest BCUT2D eigenvalue weighted by Crippen LogP contribution is -2.10. The van der Waals surface area contributed by atoms with Crippen molar-refractivity contribution < 1.29 is 4.92 Å². The van der Waals surface area contributed by atoms with E-state index in [-0.39, 0.29) is 10.7 Å². The molecule has 13 heavy (non-hydrogen) atoms. The average molecular weight is 261 g/mol. The zero-order valence-corrected chi connectivity index (χ0v) is 8.76. The van der Waals surface area contributed by atoms with E-state index >= 15 is 0 Å². The summed E-state index contributed by atoms with van der Waals surface area (Å²) in [7, 11) is 0. The second kappa shape index (κ2) is 3.80. The summed E-state index contributed by atoms with van der Waals surface area (Å²) in [5, 5.41) is 10.4.